The second-order valence-electron chi connectivity index (χ2n) is 3.99. The van der Waals surface area contributed by atoms with Gasteiger partial charge in [0.05, 0.1) is 12.0 Å². The number of methoxy groups -OCH3 is 1. The van der Waals surface area contributed by atoms with Crippen LogP contribution in [-0.2, 0) is 4.79 Å². The standard InChI is InChI=1S/C12H14N2O7/c1-21-9-4-2-3-8(14(19)20)10(9)11(16)13-7(5-6-15)12(17)18/h2-4,7,15H,5-6H2,1H3,(H,13,16)(H,17,18)/t7-/m0/s1. The number of aliphatic hydroxyl groups is 1. The minimum Gasteiger partial charge on any atom is -0.496 e. The van der Waals surface area contributed by atoms with Gasteiger partial charge in [-0.25, -0.2) is 4.79 Å². The summed E-state index contributed by atoms with van der Waals surface area (Å²) in [6.07, 6.45) is -0.218. The van der Waals surface area contributed by atoms with Gasteiger partial charge in [0.25, 0.3) is 11.6 Å². The van der Waals surface area contributed by atoms with Crippen LogP contribution in [0, 0.1) is 10.1 Å². The molecule has 1 rings (SSSR count). The lowest BCUT2D eigenvalue weighted by molar-refractivity contribution is -0.385. The van der Waals surface area contributed by atoms with E-state index in [0.717, 1.165) is 6.07 Å². The normalized spacial score (nSPS) is 11.5. The Labute approximate surface area is 119 Å². The van der Waals surface area contributed by atoms with Crippen molar-refractivity contribution in [2.24, 2.45) is 0 Å². The Bertz CT molecular complexity index is 559. The lowest BCUT2D eigenvalue weighted by Gasteiger charge is -2.14. The number of ether oxygens (including phenoxy) is 1. The molecular formula is C12H14N2O7. The number of carbonyl (C=O) groups is 2. The summed E-state index contributed by atoms with van der Waals surface area (Å²) in [5, 5.41) is 30.8. The first-order valence-corrected chi connectivity index (χ1v) is 5.88. The number of amides is 1. The maximum Gasteiger partial charge on any atom is 0.326 e. The van der Waals surface area contributed by atoms with Gasteiger partial charge in [0, 0.05) is 19.1 Å². The summed E-state index contributed by atoms with van der Waals surface area (Å²) >= 11 is 0. The van der Waals surface area contributed by atoms with E-state index in [1.807, 2.05) is 0 Å². The van der Waals surface area contributed by atoms with Gasteiger partial charge >= 0.3 is 5.97 Å². The molecule has 0 bridgehead atoms. The van der Waals surface area contributed by atoms with Crippen molar-refractivity contribution >= 4 is 17.6 Å². The highest BCUT2D eigenvalue weighted by atomic mass is 16.6. The monoisotopic (exact) mass is 298 g/mol. The van der Waals surface area contributed by atoms with E-state index in [4.69, 9.17) is 14.9 Å². The Balaban J connectivity index is 3.16. The van der Waals surface area contributed by atoms with Gasteiger partial charge in [-0.05, 0) is 6.07 Å². The Kier molecular flexibility index (Phi) is 5.61. The molecule has 0 spiro atoms. The molecule has 9 nitrogen and oxygen atoms in total. The third-order valence-electron chi connectivity index (χ3n) is 2.67. The summed E-state index contributed by atoms with van der Waals surface area (Å²) in [4.78, 5) is 33.2. The fourth-order valence-corrected chi connectivity index (χ4v) is 1.69. The first-order chi connectivity index (χ1) is 9.92. The Morgan fingerprint density at radius 1 is 1.48 bits per heavy atom. The molecule has 0 aliphatic rings. The number of hydrogen-bond acceptors (Lipinski definition) is 6. The molecule has 0 heterocycles. The lowest BCUT2D eigenvalue weighted by atomic mass is 10.1. The van der Waals surface area contributed by atoms with Crippen LogP contribution in [0.5, 0.6) is 5.75 Å². The van der Waals surface area contributed by atoms with Gasteiger partial charge < -0.3 is 20.3 Å². The van der Waals surface area contributed by atoms with Crippen LogP contribution in [0.25, 0.3) is 0 Å². The molecule has 1 amide bonds. The molecule has 114 valence electrons. The maximum absolute atomic E-state index is 12.1. The van der Waals surface area contributed by atoms with Crippen molar-refractivity contribution < 1.29 is 29.5 Å². The zero-order valence-electron chi connectivity index (χ0n) is 11.1. The van der Waals surface area contributed by atoms with Crippen LogP contribution in [0.4, 0.5) is 5.69 Å². The van der Waals surface area contributed by atoms with Crippen LogP contribution in [-0.4, -0.2) is 46.8 Å². The summed E-state index contributed by atoms with van der Waals surface area (Å²) in [6.45, 7) is -0.453. The Morgan fingerprint density at radius 2 is 2.14 bits per heavy atom. The third kappa shape index (κ3) is 3.89. The van der Waals surface area contributed by atoms with Crippen LogP contribution in [0.1, 0.15) is 16.8 Å². The molecule has 0 unspecified atom stereocenters. The molecule has 21 heavy (non-hydrogen) atoms. The van der Waals surface area contributed by atoms with E-state index in [9.17, 15) is 19.7 Å². The van der Waals surface area contributed by atoms with Gasteiger partial charge in [-0.1, -0.05) is 6.07 Å². The summed E-state index contributed by atoms with van der Waals surface area (Å²) in [6, 6.07) is 2.45. The highest BCUT2D eigenvalue weighted by molar-refractivity contribution is 6.02. The van der Waals surface area contributed by atoms with Crippen LogP contribution < -0.4 is 10.1 Å². The molecule has 0 fully saturated rings. The second-order valence-corrected chi connectivity index (χ2v) is 3.99. The van der Waals surface area contributed by atoms with Gasteiger partial charge in [0.15, 0.2) is 5.56 Å². The van der Waals surface area contributed by atoms with E-state index in [-0.39, 0.29) is 17.7 Å². The van der Waals surface area contributed by atoms with E-state index >= 15 is 0 Å². The van der Waals surface area contributed by atoms with Crippen LogP contribution >= 0.6 is 0 Å². The van der Waals surface area contributed by atoms with Crippen molar-refractivity contribution in [3.8, 4) is 5.75 Å². The number of hydrogen-bond donors (Lipinski definition) is 3. The first-order valence-electron chi connectivity index (χ1n) is 5.88. The number of benzene rings is 1. The van der Waals surface area contributed by atoms with Crippen molar-refractivity contribution in [1.29, 1.82) is 0 Å². The van der Waals surface area contributed by atoms with Crippen molar-refractivity contribution in [3.05, 3.63) is 33.9 Å². The van der Waals surface area contributed by atoms with Crippen LogP contribution in [0.2, 0.25) is 0 Å². The lowest BCUT2D eigenvalue weighted by Crippen LogP contribution is -2.41. The quantitative estimate of drug-likeness (QED) is 0.481. The summed E-state index contributed by atoms with van der Waals surface area (Å²) in [5.74, 6) is -2.36. The van der Waals surface area contributed by atoms with Crippen LogP contribution in [0.15, 0.2) is 18.2 Å². The smallest absolute Gasteiger partial charge is 0.326 e. The molecule has 1 aromatic rings. The van der Waals surface area contributed by atoms with Crippen molar-refractivity contribution in [2.75, 3.05) is 13.7 Å². The van der Waals surface area contributed by atoms with E-state index in [1.165, 1.54) is 19.2 Å². The second kappa shape index (κ2) is 7.20. The van der Waals surface area contributed by atoms with E-state index in [2.05, 4.69) is 5.32 Å². The molecule has 0 aliphatic carbocycles. The average molecular weight is 298 g/mol. The number of aliphatic hydroxyl groups excluding tert-OH is 1. The minimum atomic E-state index is -1.35. The van der Waals surface area contributed by atoms with Crippen molar-refractivity contribution in [3.63, 3.8) is 0 Å². The number of rotatable bonds is 7. The Morgan fingerprint density at radius 3 is 2.62 bits per heavy atom. The van der Waals surface area contributed by atoms with Gasteiger partial charge in [-0.15, -0.1) is 0 Å². The maximum atomic E-state index is 12.1. The largest absolute Gasteiger partial charge is 0.496 e. The Hall–Kier alpha value is -2.68. The summed E-state index contributed by atoms with van der Waals surface area (Å²) < 4.78 is 4.90. The van der Waals surface area contributed by atoms with E-state index < -0.39 is 35.1 Å². The molecule has 0 saturated heterocycles. The molecular weight excluding hydrogens is 284 g/mol. The topological polar surface area (TPSA) is 139 Å². The number of nitro groups is 1. The molecule has 0 aliphatic heterocycles. The predicted octanol–water partition coefficient (Wildman–Crippen LogP) is 0.169. The number of carbonyl (C=O) groups excluding carboxylic acids is 1. The highest BCUT2D eigenvalue weighted by Gasteiger charge is 2.28. The summed E-state index contributed by atoms with van der Waals surface area (Å²) in [7, 11) is 1.23. The molecule has 0 radical (unpaired) electrons. The van der Waals surface area contributed by atoms with Crippen molar-refractivity contribution in [1.82, 2.24) is 5.32 Å². The first kappa shape index (κ1) is 16.4. The van der Waals surface area contributed by atoms with Crippen LogP contribution in [0.3, 0.4) is 0 Å². The molecule has 0 aromatic heterocycles. The minimum absolute atomic E-state index is 0.0464. The zero-order valence-corrected chi connectivity index (χ0v) is 11.1. The SMILES string of the molecule is COc1cccc([N+](=O)[O-])c1C(=O)N[C@@H](CCO)C(=O)O. The predicted molar refractivity (Wildman–Crippen MR) is 70.2 cm³/mol. The fourth-order valence-electron chi connectivity index (χ4n) is 1.69. The van der Waals surface area contributed by atoms with Gasteiger partial charge in [-0.3, -0.25) is 14.9 Å². The zero-order chi connectivity index (χ0) is 16.0. The van der Waals surface area contributed by atoms with Gasteiger partial charge in [-0.2, -0.15) is 0 Å². The average Bonchev–Trinajstić information content (AvgIpc) is 2.45. The molecule has 1 aromatic carbocycles. The number of carboxylic acids is 1. The summed E-state index contributed by atoms with van der Waals surface area (Å²) in [5.41, 5.74) is -0.867. The van der Waals surface area contributed by atoms with Gasteiger partial charge in [0.1, 0.15) is 11.8 Å². The highest BCUT2D eigenvalue weighted by Crippen LogP contribution is 2.28. The number of nitrogens with zero attached hydrogens (tertiary/aromatic N) is 1. The van der Waals surface area contributed by atoms with E-state index in [0.29, 0.717) is 0 Å². The molecule has 0 saturated carbocycles. The molecule has 9 heteroatoms. The fraction of sp³-hybridized carbons (Fsp3) is 0.333. The third-order valence-corrected chi connectivity index (χ3v) is 2.67. The number of nitro benzene ring substituents is 1. The number of nitrogens with one attached hydrogen (secondary N) is 1. The molecule has 1 atom stereocenters. The number of carboxylic acid groups (broad SMARTS) is 1. The van der Waals surface area contributed by atoms with Gasteiger partial charge in [0.2, 0.25) is 0 Å². The number of aliphatic carboxylic acids is 1. The molecule has 3 N–H and O–H groups in total. The van der Waals surface area contributed by atoms with Crippen molar-refractivity contribution in [2.45, 2.75) is 12.5 Å². The van der Waals surface area contributed by atoms with E-state index in [1.54, 1.807) is 0 Å².